The van der Waals surface area contributed by atoms with Crippen LogP contribution in [0.15, 0.2) is 0 Å². The molecule has 0 radical (unpaired) electrons. The van der Waals surface area contributed by atoms with Gasteiger partial charge in [-0.05, 0) is 13.7 Å². The fourth-order valence-corrected chi connectivity index (χ4v) is 1.26. The van der Waals surface area contributed by atoms with Gasteiger partial charge in [0.15, 0.2) is 0 Å². The van der Waals surface area contributed by atoms with Crippen LogP contribution in [0.25, 0.3) is 0 Å². The summed E-state index contributed by atoms with van der Waals surface area (Å²) in [5.74, 6) is -1.84. The molecule has 0 saturated carbocycles. The van der Waals surface area contributed by atoms with Crippen LogP contribution in [0.1, 0.15) is 19.8 Å². The minimum Gasteiger partial charge on any atom is -0.437 e. The summed E-state index contributed by atoms with van der Waals surface area (Å²) in [4.78, 5) is 38.3. The number of amides is 2. The predicted molar refractivity (Wildman–Crippen MR) is 53.6 cm³/mol. The third-order valence-electron chi connectivity index (χ3n) is 2.03. The quantitative estimate of drug-likeness (QED) is 0.457. The average molecular weight is 228 g/mol. The van der Waals surface area contributed by atoms with Gasteiger partial charge < -0.3 is 15.1 Å². The Hall–Kier alpha value is -1.41. The van der Waals surface area contributed by atoms with Crippen LogP contribution in [0.4, 0.5) is 0 Å². The first-order valence-electron chi connectivity index (χ1n) is 4.93. The zero-order chi connectivity index (χ0) is 12.3. The lowest BCUT2D eigenvalue weighted by Gasteiger charge is -2.17. The molecule has 1 fully saturated rings. The van der Waals surface area contributed by atoms with Crippen molar-refractivity contribution in [1.82, 2.24) is 10.3 Å². The Morgan fingerprint density at radius 2 is 2.00 bits per heavy atom. The van der Waals surface area contributed by atoms with Gasteiger partial charge in [0.2, 0.25) is 0 Å². The summed E-state index contributed by atoms with van der Waals surface area (Å²) in [7, 11) is -0.882. The predicted octanol–water partition coefficient (Wildman–Crippen LogP) is -1.32. The molecule has 2 amide bonds. The van der Waals surface area contributed by atoms with Crippen LogP contribution in [-0.2, 0) is 19.2 Å². The van der Waals surface area contributed by atoms with Crippen molar-refractivity contribution in [3.05, 3.63) is 0 Å². The molecule has 16 heavy (non-hydrogen) atoms. The highest BCUT2D eigenvalue weighted by atomic mass is 16.7. The normalized spacial score (nSPS) is 17.6. The number of nitrogens with one attached hydrogen (secondary N) is 1. The maximum absolute atomic E-state index is 11.4. The molecule has 0 spiro atoms. The van der Waals surface area contributed by atoms with Crippen molar-refractivity contribution in [1.29, 1.82) is 0 Å². The summed E-state index contributed by atoms with van der Waals surface area (Å²) in [6, 6.07) is -0.804. The molecule has 0 aromatic rings. The lowest BCUT2D eigenvalue weighted by Crippen LogP contribution is -2.46. The van der Waals surface area contributed by atoms with Crippen LogP contribution >= 0.6 is 0 Å². The van der Waals surface area contributed by atoms with E-state index in [1.807, 2.05) is 0 Å². The molecule has 0 aliphatic carbocycles. The minimum atomic E-state index is -0.882. The summed E-state index contributed by atoms with van der Waals surface area (Å²) in [6.07, 6.45) is 0.120. The first-order valence-corrected chi connectivity index (χ1v) is 4.93. The molecular formula is C8H13BN2O5. The maximum Gasteiger partial charge on any atom is 0.374 e. The van der Waals surface area contributed by atoms with Crippen molar-refractivity contribution in [2.24, 2.45) is 0 Å². The van der Waals surface area contributed by atoms with Crippen molar-refractivity contribution in [3.8, 4) is 0 Å². The number of imide groups is 1. The highest BCUT2D eigenvalue weighted by Crippen LogP contribution is 2.12. The molecule has 2 N–H and O–H groups in total. The molecule has 1 aliphatic heterocycles. The Balaban J connectivity index is 2.50. The van der Waals surface area contributed by atoms with E-state index in [2.05, 4.69) is 10.1 Å². The molecule has 1 heterocycles. The average Bonchev–Trinajstić information content (AvgIpc) is 2.48. The lowest BCUT2D eigenvalue weighted by atomic mass is 9.87. The Labute approximate surface area is 92.8 Å². The molecule has 1 atom stereocenters. The van der Waals surface area contributed by atoms with Crippen LogP contribution in [-0.4, -0.2) is 41.0 Å². The summed E-state index contributed by atoms with van der Waals surface area (Å²) in [6.45, 7) is 2.90. The Morgan fingerprint density at radius 3 is 2.44 bits per heavy atom. The van der Waals surface area contributed by atoms with Crippen molar-refractivity contribution < 1.29 is 24.2 Å². The number of carbonyl (C=O) groups is 3. The lowest BCUT2D eigenvalue weighted by molar-refractivity contribution is -0.198. The fraction of sp³-hybridized carbons (Fsp3) is 0.625. The van der Waals surface area contributed by atoms with Gasteiger partial charge in [0.1, 0.15) is 0 Å². The Bertz CT molecular complexity index is 304. The SMILES string of the molecule is CB(O)NC(C)C(=O)ON1C(=O)CCC1=O. The van der Waals surface area contributed by atoms with Gasteiger partial charge in [0.05, 0.1) is 6.04 Å². The second kappa shape index (κ2) is 5.08. The monoisotopic (exact) mass is 228 g/mol. The third kappa shape index (κ3) is 3.04. The van der Waals surface area contributed by atoms with Gasteiger partial charge in [-0.25, -0.2) is 4.79 Å². The highest BCUT2D eigenvalue weighted by molar-refractivity contribution is 6.46. The van der Waals surface area contributed by atoms with Crippen molar-refractivity contribution >= 4 is 24.8 Å². The van der Waals surface area contributed by atoms with E-state index in [-0.39, 0.29) is 12.8 Å². The number of hydrogen-bond acceptors (Lipinski definition) is 6. The van der Waals surface area contributed by atoms with E-state index in [9.17, 15) is 14.4 Å². The van der Waals surface area contributed by atoms with Gasteiger partial charge in [-0.1, -0.05) is 0 Å². The summed E-state index contributed by atoms with van der Waals surface area (Å²) >= 11 is 0. The summed E-state index contributed by atoms with van der Waals surface area (Å²) in [5.41, 5.74) is 0. The zero-order valence-electron chi connectivity index (χ0n) is 9.10. The molecule has 1 aliphatic rings. The van der Waals surface area contributed by atoms with E-state index in [0.717, 1.165) is 0 Å². The molecule has 1 rings (SSSR count). The zero-order valence-corrected chi connectivity index (χ0v) is 9.10. The molecule has 88 valence electrons. The van der Waals surface area contributed by atoms with Gasteiger partial charge in [-0.2, -0.15) is 0 Å². The molecule has 1 saturated heterocycles. The van der Waals surface area contributed by atoms with Crippen LogP contribution in [0.2, 0.25) is 6.82 Å². The molecule has 0 aromatic heterocycles. The van der Waals surface area contributed by atoms with Crippen LogP contribution < -0.4 is 5.23 Å². The highest BCUT2D eigenvalue weighted by Gasteiger charge is 2.34. The number of nitrogens with zero attached hydrogens (tertiary/aromatic N) is 1. The van der Waals surface area contributed by atoms with Crippen molar-refractivity contribution in [2.45, 2.75) is 32.6 Å². The van der Waals surface area contributed by atoms with Crippen LogP contribution in [0.5, 0.6) is 0 Å². The van der Waals surface area contributed by atoms with Gasteiger partial charge in [-0.15, -0.1) is 5.06 Å². The third-order valence-corrected chi connectivity index (χ3v) is 2.03. The summed E-state index contributed by atoms with van der Waals surface area (Å²) < 4.78 is 0. The first-order chi connectivity index (χ1) is 7.41. The fourth-order valence-electron chi connectivity index (χ4n) is 1.26. The number of hydroxylamine groups is 2. The van der Waals surface area contributed by atoms with E-state index >= 15 is 0 Å². The standard InChI is InChI=1S/C8H13BN2O5/c1-5(10-9(2)15)8(14)16-11-6(12)3-4-7(11)13/h5,10,15H,3-4H2,1-2H3. The van der Waals surface area contributed by atoms with Crippen LogP contribution in [0, 0.1) is 0 Å². The van der Waals surface area contributed by atoms with Gasteiger partial charge in [0, 0.05) is 12.8 Å². The number of rotatable bonds is 4. The molecule has 8 heteroatoms. The second-order valence-electron chi connectivity index (χ2n) is 3.56. The molecule has 0 aromatic carbocycles. The smallest absolute Gasteiger partial charge is 0.374 e. The number of hydrogen-bond donors (Lipinski definition) is 2. The van der Waals surface area contributed by atoms with Crippen LogP contribution in [0.3, 0.4) is 0 Å². The molecule has 0 bridgehead atoms. The van der Waals surface area contributed by atoms with Crippen molar-refractivity contribution in [3.63, 3.8) is 0 Å². The Kier molecular flexibility index (Phi) is 4.02. The second-order valence-corrected chi connectivity index (χ2v) is 3.56. The summed E-state index contributed by atoms with van der Waals surface area (Å²) in [5, 5.41) is 11.9. The first kappa shape index (κ1) is 12.7. The van der Waals surface area contributed by atoms with E-state index in [0.29, 0.717) is 5.06 Å². The Morgan fingerprint density at radius 1 is 1.50 bits per heavy atom. The van der Waals surface area contributed by atoms with E-state index < -0.39 is 30.9 Å². The maximum atomic E-state index is 11.4. The van der Waals surface area contributed by atoms with E-state index in [1.165, 1.54) is 13.7 Å². The minimum absolute atomic E-state index is 0.0598. The number of carbonyl (C=O) groups excluding carboxylic acids is 3. The molecule has 1 unspecified atom stereocenters. The molecular weight excluding hydrogens is 215 g/mol. The van der Waals surface area contributed by atoms with Crippen molar-refractivity contribution in [2.75, 3.05) is 0 Å². The van der Waals surface area contributed by atoms with Gasteiger partial charge in [-0.3, -0.25) is 9.59 Å². The van der Waals surface area contributed by atoms with Gasteiger partial charge in [0.25, 0.3) is 11.8 Å². The topological polar surface area (TPSA) is 95.9 Å². The van der Waals surface area contributed by atoms with E-state index in [4.69, 9.17) is 5.02 Å². The molecule has 7 nitrogen and oxygen atoms in total. The largest absolute Gasteiger partial charge is 0.437 e. The van der Waals surface area contributed by atoms with Gasteiger partial charge >= 0.3 is 13.0 Å². The van der Waals surface area contributed by atoms with E-state index in [1.54, 1.807) is 0 Å².